The van der Waals surface area contributed by atoms with Gasteiger partial charge in [0, 0.05) is 44.4 Å². The number of hydrogen-bond donors (Lipinski definition) is 0. The van der Waals surface area contributed by atoms with Crippen LogP contribution in [-0.2, 0) is 25.9 Å². The number of nitro benzene ring substituents is 1. The van der Waals surface area contributed by atoms with Crippen LogP contribution in [0.1, 0.15) is 22.8 Å². The molecule has 1 amide bonds. The lowest BCUT2D eigenvalue weighted by molar-refractivity contribution is -0.387. The molecule has 0 aromatic heterocycles. The molecule has 0 unspecified atom stereocenters. The van der Waals surface area contributed by atoms with Gasteiger partial charge in [-0.1, -0.05) is 30.3 Å². The Hall–Kier alpha value is -3.31. The summed E-state index contributed by atoms with van der Waals surface area (Å²) in [4.78, 5) is 38.4. The highest BCUT2D eigenvalue weighted by molar-refractivity contribution is 7.92. The maximum Gasteiger partial charge on any atom is 0.321 e. The molecule has 2 aromatic rings. The van der Waals surface area contributed by atoms with Crippen LogP contribution in [-0.4, -0.2) is 73.6 Å². The highest BCUT2D eigenvalue weighted by Crippen LogP contribution is 2.27. The molecule has 0 N–H and O–H groups in total. The first-order valence-electron chi connectivity index (χ1n) is 10.4. The quantitative estimate of drug-likeness (QED) is 0.322. The van der Waals surface area contributed by atoms with Crippen molar-refractivity contribution in [3.63, 3.8) is 0 Å². The molecule has 10 nitrogen and oxygen atoms in total. The fraction of sp³-hybridized carbons (Fsp3) is 0.364. The standard InChI is InChI=1S/C22H25N3O7S/c1-2-32-21(26)16-33(30,31)20-9-8-18(14-19(20)25(28)29)22(27)24-12-10-23(11-13-24)15-17-6-4-3-5-7-17/h3-9,14H,2,10-13,15-16H2,1H3. The second-order valence-electron chi connectivity index (χ2n) is 7.56. The number of carbonyl (C=O) groups is 2. The van der Waals surface area contributed by atoms with Crippen LogP contribution < -0.4 is 0 Å². The van der Waals surface area contributed by atoms with E-state index >= 15 is 0 Å². The number of nitro groups is 1. The van der Waals surface area contributed by atoms with Crippen LogP contribution in [0.2, 0.25) is 0 Å². The van der Waals surface area contributed by atoms with Gasteiger partial charge in [-0.15, -0.1) is 0 Å². The second kappa shape index (κ2) is 10.5. The van der Waals surface area contributed by atoms with E-state index in [0.29, 0.717) is 26.2 Å². The number of carbonyl (C=O) groups excluding carboxylic acids is 2. The second-order valence-corrected chi connectivity index (χ2v) is 9.52. The Morgan fingerprint density at radius 2 is 1.73 bits per heavy atom. The Balaban J connectivity index is 1.72. The predicted octanol–water partition coefficient (Wildman–Crippen LogP) is 1.89. The number of sulfone groups is 1. The zero-order chi connectivity index (χ0) is 24.0. The molecule has 0 bridgehead atoms. The molecule has 1 aliphatic heterocycles. The molecule has 1 saturated heterocycles. The van der Waals surface area contributed by atoms with Gasteiger partial charge < -0.3 is 9.64 Å². The van der Waals surface area contributed by atoms with Gasteiger partial charge in [0.15, 0.2) is 15.6 Å². The maximum atomic E-state index is 12.9. The number of esters is 1. The molecular formula is C22H25N3O7S. The summed E-state index contributed by atoms with van der Waals surface area (Å²) in [6.45, 7) is 4.47. The maximum absolute atomic E-state index is 12.9. The first-order chi connectivity index (χ1) is 15.7. The molecule has 1 aliphatic rings. The topological polar surface area (TPSA) is 127 Å². The van der Waals surface area contributed by atoms with Crippen LogP contribution in [0.3, 0.4) is 0 Å². The van der Waals surface area contributed by atoms with Crippen LogP contribution in [0.25, 0.3) is 0 Å². The SMILES string of the molecule is CCOC(=O)CS(=O)(=O)c1ccc(C(=O)N2CCN(Cc3ccccc3)CC2)cc1[N+](=O)[O-]. The van der Waals surface area contributed by atoms with Gasteiger partial charge in [0.25, 0.3) is 11.6 Å². The van der Waals surface area contributed by atoms with E-state index in [0.717, 1.165) is 18.7 Å². The van der Waals surface area contributed by atoms with E-state index in [-0.39, 0.29) is 12.2 Å². The Morgan fingerprint density at radius 3 is 2.33 bits per heavy atom. The molecule has 1 heterocycles. The van der Waals surface area contributed by atoms with Crippen LogP contribution in [0.15, 0.2) is 53.4 Å². The van der Waals surface area contributed by atoms with Gasteiger partial charge in [-0.05, 0) is 24.6 Å². The molecule has 0 spiro atoms. The molecule has 3 rings (SSSR count). The predicted molar refractivity (Wildman–Crippen MR) is 119 cm³/mol. The normalized spacial score (nSPS) is 14.6. The van der Waals surface area contributed by atoms with Crippen molar-refractivity contribution in [1.29, 1.82) is 0 Å². The van der Waals surface area contributed by atoms with Crippen molar-refractivity contribution in [2.45, 2.75) is 18.4 Å². The molecule has 33 heavy (non-hydrogen) atoms. The minimum absolute atomic E-state index is 0.0114. The van der Waals surface area contributed by atoms with Crippen molar-refractivity contribution in [1.82, 2.24) is 9.80 Å². The first kappa shape index (κ1) is 24.3. The van der Waals surface area contributed by atoms with Gasteiger partial charge in [-0.25, -0.2) is 8.42 Å². The number of nitrogens with zero attached hydrogens (tertiary/aromatic N) is 3. The summed E-state index contributed by atoms with van der Waals surface area (Å²) < 4.78 is 29.6. The van der Waals surface area contributed by atoms with Gasteiger partial charge in [-0.2, -0.15) is 0 Å². The lowest BCUT2D eigenvalue weighted by atomic mass is 10.1. The van der Waals surface area contributed by atoms with Crippen molar-refractivity contribution in [3.05, 3.63) is 69.8 Å². The van der Waals surface area contributed by atoms with Gasteiger partial charge in [0.05, 0.1) is 11.5 Å². The fourth-order valence-electron chi connectivity index (χ4n) is 3.62. The van der Waals surface area contributed by atoms with Crippen LogP contribution >= 0.6 is 0 Å². The van der Waals surface area contributed by atoms with Crippen LogP contribution in [0, 0.1) is 10.1 Å². The van der Waals surface area contributed by atoms with Gasteiger partial charge in [-0.3, -0.25) is 24.6 Å². The Morgan fingerprint density at radius 1 is 1.06 bits per heavy atom. The zero-order valence-electron chi connectivity index (χ0n) is 18.2. The van der Waals surface area contributed by atoms with Crippen molar-refractivity contribution < 1.29 is 27.7 Å². The van der Waals surface area contributed by atoms with Crippen molar-refractivity contribution in [2.75, 3.05) is 38.5 Å². The highest BCUT2D eigenvalue weighted by atomic mass is 32.2. The average molecular weight is 476 g/mol. The van der Waals surface area contributed by atoms with E-state index in [1.807, 2.05) is 30.3 Å². The summed E-state index contributed by atoms with van der Waals surface area (Å²) in [7, 11) is -4.31. The summed E-state index contributed by atoms with van der Waals surface area (Å²) in [5, 5.41) is 11.5. The molecule has 2 aromatic carbocycles. The van der Waals surface area contributed by atoms with Crippen molar-refractivity contribution in [2.24, 2.45) is 0 Å². The van der Waals surface area contributed by atoms with E-state index < -0.39 is 43.0 Å². The Kier molecular flexibility index (Phi) is 7.77. The minimum Gasteiger partial charge on any atom is -0.465 e. The van der Waals surface area contributed by atoms with E-state index in [1.54, 1.807) is 4.90 Å². The van der Waals surface area contributed by atoms with E-state index in [2.05, 4.69) is 9.64 Å². The molecule has 11 heteroatoms. The van der Waals surface area contributed by atoms with Crippen LogP contribution in [0.4, 0.5) is 5.69 Å². The molecule has 0 saturated carbocycles. The van der Waals surface area contributed by atoms with Gasteiger partial charge >= 0.3 is 5.97 Å². The smallest absolute Gasteiger partial charge is 0.321 e. The van der Waals surface area contributed by atoms with E-state index in [1.165, 1.54) is 18.6 Å². The number of ether oxygens (including phenoxy) is 1. The Labute approximate surface area is 191 Å². The first-order valence-corrected chi connectivity index (χ1v) is 12.1. The Bertz CT molecular complexity index is 1130. The third-order valence-corrected chi connectivity index (χ3v) is 6.89. The highest BCUT2D eigenvalue weighted by Gasteiger charge is 2.31. The van der Waals surface area contributed by atoms with E-state index in [9.17, 15) is 28.1 Å². The third kappa shape index (κ3) is 6.14. The van der Waals surface area contributed by atoms with Gasteiger partial charge in [0.2, 0.25) is 0 Å². The molecule has 0 radical (unpaired) electrons. The molecule has 0 aliphatic carbocycles. The molecule has 0 atom stereocenters. The number of benzene rings is 2. The number of piperazine rings is 1. The van der Waals surface area contributed by atoms with Crippen molar-refractivity contribution >= 4 is 27.4 Å². The number of amides is 1. The number of rotatable bonds is 8. The number of hydrogen-bond acceptors (Lipinski definition) is 8. The largest absolute Gasteiger partial charge is 0.465 e. The van der Waals surface area contributed by atoms with Crippen molar-refractivity contribution in [3.8, 4) is 0 Å². The molecular weight excluding hydrogens is 450 g/mol. The zero-order valence-corrected chi connectivity index (χ0v) is 19.0. The average Bonchev–Trinajstić information content (AvgIpc) is 2.79. The summed E-state index contributed by atoms with van der Waals surface area (Å²) >= 11 is 0. The lowest BCUT2D eigenvalue weighted by Gasteiger charge is -2.34. The summed E-state index contributed by atoms with van der Waals surface area (Å²) in [6.07, 6.45) is 0. The third-order valence-electron chi connectivity index (χ3n) is 5.26. The van der Waals surface area contributed by atoms with Gasteiger partial charge in [0.1, 0.15) is 4.90 Å². The molecule has 1 fully saturated rings. The fourth-order valence-corrected chi connectivity index (χ4v) is 4.90. The summed E-state index contributed by atoms with van der Waals surface area (Å²) in [5.74, 6) is -2.43. The molecule has 176 valence electrons. The monoisotopic (exact) mass is 475 g/mol. The van der Waals surface area contributed by atoms with E-state index in [4.69, 9.17) is 0 Å². The van der Waals surface area contributed by atoms with Crippen LogP contribution in [0.5, 0.6) is 0 Å². The summed E-state index contributed by atoms with van der Waals surface area (Å²) in [5.41, 5.74) is 0.452. The summed E-state index contributed by atoms with van der Waals surface area (Å²) in [6, 6.07) is 13.2. The lowest BCUT2D eigenvalue weighted by Crippen LogP contribution is -2.48. The minimum atomic E-state index is -4.31.